The summed E-state index contributed by atoms with van der Waals surface area (Å²) >= 11 is 11.8. The average molecular weight is 298 g/mol. The molecule has 0 amide bonds. The summed E-state index contributed by atoms with van der Waals surface area (Å²) in [7, 11) is 1.95. The topological polar surface area (TPSA) is 3.24 Å². The molecule has 2 aromatic rings. The molecule has 2 rings (SSSR count). The largest absolute Gasteiger partial charge is 0.370 e. The second kappa shape index (κ2) is 6.27. The maximum absolute atomic E-state index is 13.2. The number of halogens is 3. The summed E-state index contributed by atoms with van der Waals surface area (Å²) in [5.41, 5.74) is 2.81. The SMILES string of the molecule is CN(Cc1cccc(Cl)c1)c1ccc(F)cc1CCl. The van der Waals surface area contributed by atoms with Gasteiger partial charge in [-0.2, -0.15) is 0 Å². The summed E-state index contributed by atoms with van der Waals surface area (Å²) in [5, 5.41) is 0.711. The molecule has 100 valence electrons. The van der Waals surface area contributed by atoms with Crippen molar-refractivity contribution in [3.8, 4) is 0 Å². The number of benzene rings is 2. The van der Waals surface area contributed by atoms with E-state index in [2.05, 4.69) is 0 Å². The van der Waals surface area contributed by atoms with Crippen molar-refractivity contribution in [3.63, 3.8) is 0 Å². The van der Waals surface area contributed by atoms with Crippen LogP contribution in [0.4, 0.5) is 10.1 Å². The minimum atomic E-state index is -0.268. The Hall–Kier alpha value is -1.25. The zero-order chi connectivity index (χ0) is 13.8. The van der Waals surface area contributed by atoms with E-state index in [9.17, 15) is 4.39 Å². The number of anilines is 1. The van der Waals surface area contributed by atoms with Crippen LogP contribution in [0.2, 0.25) is 5.02 Å². The molecular weight excluding hydrogens is 284 g/mol. The number of nitrogens with zero attached hydrogens (tertiary/aromatic N) is 1. The first-order valence-corrected chi connectivity index (χ1v) is 6.81. The molecule has 4 heteroatoms. The standard InChI is InChI=1S/C15H14Cl2FN/c1-19(10-11-3-2-4-13(17)7-11)15-6-5-14(18)8-12(15)9-16/h2-8H,9-10H2,1H3. The van der Waals surface area contributed by atoms with Crippen LogP contribution >= 0.6 is 23.2 Å². The zero-order valence-electron chi connectivity index (χ0n) is 10.5. The fourth-order valence-electron chi connectivity index (χ4n) is 2.03. The maximum atomic E-state index is 13.2. The van der Waals surface area contributed by atoms with E-state index in [1.807, 2.05) is 36.2 Å². The van der Waals surface area contributed by atoms with E-state index >= 15 is 0 Å². The third-order valence-corrected chi connectivity index (χ3v) is 3.43. The van der Waals surface area contributed by atoms with Crippen LogP contribution in [-0.2, 0) is 12.4 Å². The lowest BCUT2D eigenvalue weighted by Crippen LogP contribution is -2.17. The number of alkyl halides is 1. The van der Waals surface area contributed by atoms with E-state index in [-0.39, 0.29) is 11.7 Å². The van der Waals surface area contributed by atoms with Crippen LogP contribution in [0.3, 0.4) is 0 Å². The Kier molecular flexibility index (Phi) is 4.67. The van der Waals surface area contributed by atoms with Crippen LogP contribution in [0.25, 0.3) is 0 Å². The summed E-state index contributed by atoms with van der Waals surface area (Å²) in [4.78, 5) is 2.03. The van der Waals surface area contributed by atoms with Crippen molar-refractivity contribution in [3.05, 3.63) is 64.4 Å². The third kappa shape index (κ3) is 3.62. The Morgan fingerprint density at radius 2 is 1.95 bits per heavy atom. The van der Waals surface area contributed by atoms with Gasteiger partial charge in [-0.3, -0.25) is 0 Å². The molecule has 0 aliphatic heterocycles. The minimum Gasteiger partial charge on any atom is -0.370 e. The summed E-state index contributed by atoms with van der Waals surface area (Å²) < 4.78 is 13.2. The van der Waals surface area contributed by atoms with Crippen molar-refractivity contribution >= 4 is 28.9 Å². The van der Waals surface area contributed by atoms with E-state index in [0.29, 0.717) is 11.6 Å². The van der Waals surface area contributed by atoms with E-state index in [4.69, 9.17) is 23.2 Å². The Balaban J connectivity index is 2.22. The molecule has 0 spiro atoms. The van der Waals surface area contributed by atoms with Gasteiger partial charge in [0.2, 0.25) is 0 Å². The lowest BCUT2D eigenvalue weighted by molar-refractivity contribution is 0.626. The van der Waals surface area contributed by atoms with Gasteiger partial charge in [0, 0.05) is 30.2 Å². The second-order valence-corrected chi connectivity index (χ2v) is 5.10. The van der Waals surface area contributed by atoms with Crippen LogP contribution in [0.15, 0.2) is 42.5 Å². The highest BCUT2D eigenvalue weighted by molar-refractivity contribution is 6.30. The summed E-state index contributed by atoms with van der Waals surface area (Å²) in [5.74, 6) is 0.0167. The molecule has 0 atom stereocenters. The van der Waals surface area contributed by atoms with Gasteiger partial charge in [-0.1, -0.05) is 23.7 Å². The summed E-state index contributed by atoms with van der Waals surface area (Å²) in [6, 6.07) is 12.3. The molecule has 0 saturated carbocycles. The Bertz CT molecular complexity index is 572. The molecular formula is C15H14Cl2FN. The molecule has 0 N–H and O–H groups in total. The highest BCUT2D eigenvalue weighted by Gasteiger charge is 2.09. The van der Waals surface area contributed by atoms with Crippen LogP contribution in [0.5, 0.6) is 0 Å². The molecule has 0 aliphatic rings. The molecule has 0 heterocycles. The van der Waals surface area contributed by atoms with Crippen molar-refractivity contribution in [1.29, 1.82) is 0 Å². The molecule has 0 bridgehead atoms. The maximum Gasteiger partial charge on any atom is 0.123 e. The monoisotopic (exact) mass is 297 g/mol. The first kappa shape index (κ1) is 14.2. The Morgan fingerprint density at radius 3 is 2.63 bits per heavy atom. The van der Waals surface area contributed by atoms with E-state index in [1.54, 1.807) is 6.07 Å². The van der Waals surface area contributed by atoms with Gasteiger partial charge in [-0.05, 0) is 41.5 Å². The number of hydrogen-bond acceptors (Lipinski definition) is 1. The minimum absolute atomic E-state index is 0.268. The van der Waals surface area contributed by atoms with Crippen LogP contribution in [0.1, 0.15) is 11.1 Å². The first-order valence-electron chi connectivity index (χ1n) is 5.90. The van der Waals surface area contributed by atoms with Gasteiger partial charge in [0.25, 0.3) is 0 Å². The van der Waals surface area contributed by atoms with Gasteiger partial charge in [0.1, 0.15) is 5.82 Å². The van der Waals surface area contributed by atoms with E-state index < -0.39 is 0 Å². The van der Waals surface area contributed by atoms with Gasteiger partial charge < -0.3 is 4.90 Å². The molecule has 1 nitrogen and oxygen atoms in total. The van der Waals surface area contributed by atoms with Crippen molar-refractivity contribution in [2.45, 2.75) is 12.4 Å². The Labute approximate surface area is 122 Å². The molecule has 0 aliphatic carbocycles. The molecule has 0 aromatic heterocycles. The van der Waals surface area contributed by atoms with Crippen LogP contribution in [-0.4, -0.2) is 7.05 Å². The first-order chi connectivity index (χ1) is 9.10. The molecule has 0 fully saturated rings. The smallest absolute Gasteiger partial charge is 0.123 e. The fourth-order valence-corrected chi connectivity index (χ4v) is 2.45. The molecule has 0 radical (unpaired) electrons. The van der Waals surface area contributed by atoms with Gasteiger partial charge in [-0.25, -0.2) is 4.39 Å². The fraction of sp³-hybridized carbons (Fsp3) is 0.200. The Morgan fingerprint density at radius 1 is 1.16 bits per heavy atom. The third-order valence-electron chi connectivity index (χ3n) is 2.91. The molecule has 0 unspecified atom stereocenters. The van der Waals surface area contributed by atoms with Crippen molar-refractivity contribution < 1.29 is 4.39 Å². The lowest BCUT2D eigenvalue weighted by atomic mass is 10.1. The lowest BCUT2D eigenvalue weighted by Gasteiger charge is -2.22. The highest BCUT2D eigenvalue weighted by atomic mass is 35.5. The van der Waals surface area contributed by atoms with Gasteiger partial charge in [0.05, 0.1) is 0 Å². The van der Waals surface area contributed by atoms with Crippen molar-refractivity contribution in [2.75, 3.05) is 11.9 Å². The van der Waals surface area contributed by atoms with Crippen molar-refractivity contribution in [1.82, 2.24) is 0 Å². The summed E-state index contributed by atoms with van der Waals surface area (Å²) in [6.07, 6.45) is 0. The van der Waals surface area contributed by atoms with Crippen LogP contribution in [0, 0.1) is 5.82 Å². The molecule has 19 heavy (non-hydrogen) atoms. The normalized spacial score (nSPS) is 10.5. The molecule has 2 aromatic carbocycles. The number of rotatable bonds is 4. The quantitative estimate of drug-likeness (QED) is 0.729. The zero-order valence-corrected chi connectivity index (χ0v) is 12.0. The van der Waals surface area contributed by atoms with Gasteiger partial charge in [-0.15, -0.1) is 11.6 Å². The predicted molar refractivity (Wildman–Crippen MR) is 79.5 cm³/mol. The van der Waals surface area contributed by atoms with Crippen LogP contribution < -0.4 is 4.90 Å². The summed E-state index contributed by atoms with van der Waals surface area (Å²) in [6.45, 7) is 0.691. The predicted octanol–water partition coefficient (Wildman–Crippen LogP) is 4.85. The van der Waals surface area contributed by atoms with E-state index in [1.165, 1.54) is 12.1 Å². The highest BCUT2D eigenvalue weighted by Crippen LogP contribution is 2.24. The van der Waals surface area contributed by atoms with E-state index in [0.717, 1.165) is 16.8 Å². The number of hydrogen-bond donors (Lipinski definition) is 0. The van der Waals surface area contributed by atoms with Gasteiger partial charge >= 0.3 is 0 Å². The second-order valence-electron chi connectivity index (χ2n) is 4.39. The molecule has 0 saturated heterocycles. The average Bonchev–Trinajstić information content (AvgIpc) is 2.38. The van der Waals surface area contributed by atoms with Gasteiger partial charge in [0.15, 0.2) is 0 Å². The van der Waals surface area contributed by atoms with Crippen molar-refractivity contribution in [2.24, 2.45) is 0 Å².